The lowest BCUT2D eigenvalue weighted by Crippen LogP contribution is -2.14. The molecule has 0 heterocycles. The molecule has 4 heteroatoms. The molecule has 1 amide bonds. The summed E-state index contributed by atoms with van der Waals surface area (Å²) in [7, 11) is 0. The number of phenolic OH excluding ortho intramolecular Hbond substituents is 1. The van der Waals surface area contributed by atoms with E-state index in [-0.39, 0.29) is 18.0 Å². The Morgan fingerprint density at radius 2 is 1.89 bits per heavy atom. The molecule has 0 aliphatic rings. The molecule has 0 radical (unpaired) electrons. The number of fused-ring (bicyclic) bond motifs is 1. The van der Waals surface area contributed by atoms with Gasteiger partial charge in [-0.1, -0.05) is 30.3 Å². The van der Waals surface area contributed by atoms with Crippen LogP contribution in [-0.4, -0.2) is 16.8 Å². The van der Waals surface area contributed by atoms with Crippen LogP contribution in [0.25, 0.3) is 10.8 Å². The van der Waals surface area contributed by atoms with Gasteiger partial charge in [-0.3, -0.25) is 9.59 Å². The summed E-state index contributed by atoms with van der Waals surface area (Å²) < 4.78 is 0. The molecular weight excluding hydrogens is 230 g/mol. The van der Waals surface area contributed by atoms with Crippen LogP contribution >= 0.6 is 0 Å². The Bertz CT molecular complexity index is 619. The van der Waals surface area contributed by atoms with Gasteiger partial charge < -0.3 is 10.4 Å². The van der Waals surface area contributed by atoms with E-state index < -0.39 is 5.91 Å². The van der Waals surface area contributed by atoms with Gasteiger partial charge in [0.15, 0.2) is 0 Å². The van der Waals surface area contributed by atoms with Crippen LogP contribution in [0.1, 0.15) is 13.3 Å². The molecule has 0 saturated heterocycles. The highest BCUT2D eigenvalue weighted by molar-refractivity contribution is 6.06. The highest BCUT2D eigenvalue weighted by Gasteiger charge is 2.10. The predicted molar refractivity (Wildman–Crippen MR) is 69.5 cm³/mol. The molecule has 0 aliphatic carbocycles. The molecule has 4 nitrogen and oxygen atoms in total. The highest BCUT2D eigenvalue weighted by atomic mass is 16.3. The fourth-order valence-corrected chi connectivity index (χ4v) is 1.78. The van der Waals surface area contributed by atoms with E-state index in [1.807, 2.05) is 18.2 Å². The topological polar surface area (TPSA) is 66.4 Å². The van der Waals surface area contributed by atoms with Gasteiger partial charge >= 0.3 is 0 Å². The Balaban J connectivity index is 2.32. The zero-order valence-corrected chi connectivity index (χ0v) is 9.93. The number of ketones is 1. The first-order chi connectivity index (χ1) is 8.58. The van der Waals surface area contributed by atoms with Crippen molar-refractivity contribution in [1.82, 2.24) is 0 Å². The van der Waals surface area contributed by atoms with Crippen LogP contribution in [0.5, 0.6) is 5.75 Å². The highest BCUT2D eigenvalue weighted by Crippen LogP contribution is 2.32. The summed E-state index contributed by atoms with van der Waals surface area (Å²) in [6.45, 7) is 1.35. The van der Waals surface area contributed by atoms with E-state index in [2.05, 4.69) is 5.32 Å². The number of hydrogen-bond acceptors (Lipinski definition) is 3. The number of phenols is 1. The smallest absolute Gasteiger partial charge is 0.231 e. The number of amides is 1. The van der Waals surface area contributed by atoms with Gasteiger partial charge in [0.05, 0.1) is 12.1 Å². The largest absolute Gasteiger partial charge is 0.505 e. The maximum Gasteiger partial charge on any atom is 0.231 e. The molecule has 0 fully saturated rings. The van der Waals surface area contributed by atoms with Crippen molar-refractivity contribution in [2.45, 2.75) is 13.3 Å². The molecule has 0 aromatic heterocycles. The fourth-order valence-electron chi connectivity index (χ4n) is 1.78. The second-order valence-corrected chi connectivity index (χ2v) is 4.11. The lowest BCUT2D eigenvalue weighted by Gasteiger charge is -2.09. The van der Waals surface area contributed by atoms with E-state index >= 15 is 0 Å². The molecule has 18 heavy (non-hydrogen) atoms. The summed E-state index contributed by atoms with van der Waals surface area (Å²) in [5, 5.41) is 14.1. The fraction of sp³-hybridized carbons (Fsp3) is 0.143. The zero-order chi connectivity index (χ0) is 13.1. The summed E-state index contributed by atoms with van der Waals surface area (Å²) >= 11 is 0. The first kappa shape index (κ1) is 12.1. The lowest BCUT2D eigenvalue weighted by molar-refractivity contribution is -0.124. The van der Waals surface area contributed by atoms with E-state index in [0.717, 1.165) is 5.39 Å². The molecule has 2 rings (SSSR count). The minimum atomic E-state index is -0.423. The van der Waals surface area contributed by atoms with Gasteiger partial charge in [0.2, 0.25) is 5.91 Å². The van der Waals surface area contributed by atoms with Crippen LogP contribution in [-0.2, 0) is 9.59 Å². The summed E-state index contributed by atoms with van der Waals surface area (Å²) in [5.74, 6) is -0.620. The normalized spacial score (nSPS) is 10.3. The summed E-state index contributed by atoms with van der Waals surface area (Å²) in [6, 6.07) is 10.7. The van der Waals surface area contributed by atoms with E-state index in [0.29, 0.717) is 11.1 Å². The molecule has 92 valence electrons. The zero-order valence-electron chi connectivity index (χ0n) is 9.93. The van der Waals surface area contributed by atoms with E-state index in [1.165, 1.54) is 6.92 Å². The quantitative estimate of drug-likeness (QED) is 0.642. The molecule has 2 aromatic carbocycles. The average Bonchev–Trinajstić information content (AvgIpc) is 2.32. The third-order valence-electron chi connectivity index (χ3n) is 2.58. The molecule has 2 N–H and O–H groups in total. The minimum absolute atomic E-state index is 0.0185. The van der Waals surface area contributed by atoms with Crippen LogP contribution in [0, 0.1) is 0 Å². The predicted octanol–water partition coefficient (Wildman–Crippen LogP) is 2.46. The Labute approximate surface area is 104 Å². The van der Waals surface area contributed by atoms with Crippen molar-refractivity contribution in [2.75, 3.05) is 5.32 Å². The van der Waals surface area contributed by atoms with Crippen molar-refractivity contribution < 1.29 is 14.7 Å². The minimum Gasteiger partial charge on any atom is -0.505 e. The van der Waals surface area contributed by atoms with E-state index in [9.17, 15) is 14.7 Å². The number of carbonyl (C=O) groups is 2. The molecule has 0 unspecified atom stereocenters. The second kappa shape index (κ2) is 4.87. The van der Waals surface area contributed by atoms with Gasteiger partial charge in [-0.05, 0) is 18.4 Å². The van der Waals surface area contributed by atoms with Crippen molar-refractivity contribution in [3.05, 3.63) is 36.4 Å². The first-order valence-electron chi connectivity index (χ1n) is 5.58. The van der Waals surface area contributed by atoms with Crippen molar-refractivity contribution >= 4 is 28.2 Å². The van der Waals surface area contributed by atoms with Crippen molar-refractivity contribution in [2.24, 2.45) is 0 Å². The number of Topliss-reactive ketones (excluding diaryl/α,β-unsaturated/α-hetero) is 1. The Hall–Kier alpha value is -2.36. The van der Waals surface area contributed by atoms with Gasteiger partial charge in [-0.2, -0.15) is 0 Å². The molecule has 0 saturated carbocycles. The van der Waals surface area contributed by atoms with Gasteiger partial charge in [0, 0.05) is 5.39 Å². The molecule has 0 atom stereocenters. The molecular formula is C14H13NO3. The van der Waals surface area contributed by atoms with E-state index in [1.54, 1.807) is 18.2 Å². The van der Waals surface area contributed by atoms with Gasteiger partial charge in [-0.25, -0.2) is 0 Å². The Morgan fingerprint density at radius 1 is 1.17 bits per heavy atom. The van der Waals surface area contributed by atoms with Crippen LogP contribution in [0.3, 0.4) is 0 Å². The summed E-state index contributed by atoms with van der Waals surface area (Å²) in [4.78, 5) is 22.3. The number of anilines is 1. The van der Waals surface area contributed by atoms with Crippen molar-refractivity contribution in [3.8, 4) is 5.75 Å². The maximum atomic E-state index is 11.5. The van der Waals surface area contributed by atoms with Crippen LogP contribution in [0.15, 0.2) is 36.4 Å². The monoisotopic (exact) mass is 243 g/mol. The van der Waals surface area contributed by atoms with Gasteiger partial charge in [0.25, 0.3) is 0 Å². The number of hydrogen-bond donors (Lipinski definition) is 2. The third kappa shape index (κ3) is 2.48. The summed E-state index contributed by atoms with van der Waals surface area (Å²) in [6.07, 6.45) is -0.188. The number of nitrogens with one attached hydrogen (secondary N) is 1. The van der Waals surface area contributed by atoms with Gasteiger partial charge in [-0.15, -0.1) is 0 Å². The standard InChI is InChI=1S/C14H13NO3/c1-9(16)8-13(17)15-12-7-6-10-4-2-3-5-11(10)14(12)18/h2-7,18H,8H2,1H3,(H,15,17). The van der Waals surface area contributed by atoms with Crippen LogP contribution in [0.2, 0.25) is 0 Å². The number of carbonyl (C=O) groups excluding carboxylic acids is 2. The average molecular weight is 243 g/mol. The van der Waals surface area contributed by atoms with E-state index in [4.69, 9.17) is 0 Å². The van der Waals surface area contributed by atoms with Gasteiger partial charge in [0.1, 0.15) is 11.5 Å². The van der Waals surface area contributed by atoms with Crippen molar-refractivity contribution in [1.29, 1.82) is 0 Å². The van der Waals surface area contributed by atoms with Crippen LogP contribution in [0.4, 0.5) is 5.69 Å². The Morgan fingerprint density at radius 3 is 2.61 bits per heavy atom. The molecule has 0 spiro atoms. The molecule has 0 bridgehead atoms. The second-order valence-electron chi connectivity index (χ2n) is 4.11. The molecule has 2 aromatic rings. The summed E-state index contributed by atoms with van der Waals surface area (Å²) in [5.41, 5.74) is 0.319. The Kier molecular flexibility index (Phi) is 3.28. The molecule has 0 aliphatic heterocycles. The first-order valence-corrected chi connectivity index (χ1v) is 5.58. The lowest BCUT2D eigenvalue weighted by atomic mass is 10.1. The van der Waals surface area contributed by atoms with Crippen molar-refractivity contribution in [3.63, 3.8) is 0 Å². The SMILES string of the molecule is CC(=O)CC(=O)Nc1ccc2ccccc2c1O. The third-order valence-corrected chi connectivity index (χ3v) is 2.58. The maximum absolute atomic E-state index is 11.5. The number of rotatable bonds is 3. The number of aromatic hydroxyl groups is 1. The van der Waals surface area contributed by atoms with Crippen LogP contribution < -0.4 is 5.32 Å². The number of benzene rings is 2.